The number of carbonyl (C=O) groups is 1. The lowest BCUT2D eigenvalue weighted by molar-refractivity contribution is 0.0303. The molecule has 21 heavy (non-hydrogen) atoms. The van der Waals surface area contributed by atoms with Gasteiger partial charge in [0.25, 0.3) is 5.91 Å². The third-order valence-electron chi connectivity index (χ3n) is 4.43. The van der Waals surface area contributed by atoms with E-state index in [1.165, 1.54) is 5.56 Å². The average Bonchev–Trinajstić information content (AvgIpc) is 3.00. The molecule has 1 amide bonds. The number of rotatable bonds is 1. The highest BCUT2D eigenvalue weighted by Gasteiger charge is 2.27. The van der Waals surface area contributed by atoms with Crippen LogP contribution in [0.5, 0.6) is 0 Å². The van der Waals surface area contributed by atoms with E-state index in [1.807, 2.05) is 29.2 Å². The number of ether oxygens (including phenoxy) is 1. The van der Waals surface area contributed by atoms with Crippen LogP contribution in [0.2, 0.25) is 0 Å². The predicted octanol–water partition coefficient (Wildman–Crippen LogP) is 2.20. The Hall–Kier alpha value is -1.94. The SMILES string of the molecule is O=C(c1c2c(nc3ccccc13)CCC2)N1CCOCC1. The van der Waals surface area contributed by atoms with Crippen molar-refractivity contribution >= 4 is 16.8 Å². The van der Waals surface area contributed by atoms with Crippen molar-refractivity contribution in [2.24, 2.45) is 0 Å². The summed E-state index contributed by atoms with van der Waals surface area (Å²) in [5.41, 5.74) is 4.11. The lowest BCUT2D eigenvalue weighted by Gasteiger charge is -2.28. The second-order valence-electron chi connectivity index (χ2n) is 5.69. The quantitative estimate of drug-likeness (QED) is 0.805. The van der Waals surface area contributed by atoms with Gasteiger partial charge in [-0.3, -0.25) is 9.78 Å². The predicted molar refractivity (Wildman–Crippen MR) is 80.5 cm³/mol. The number of morpholine rings is 1. The first-order chi connectivity index (χ1) is 10.3. The van der Waals surface area contributed by atoms with Crippen LogP contribution in [-0.2, 0) is 17.6 Å². The number of pyridine rings is 1. The van der Waals surface area contributed by atoms with Gasteiger partial charge in [0.15, 0.2) is 0 Å². The number of aromatic nitrogens is 1. The van der Waals surface area contributed by atoms with Gasteiger partial charge in [0, 0.05) is 24.2 Å². The third-order valence-corrected chi connectivity index (χ3v) is 4.43. The molecule has 0 radical (unpaired) electrons. The topological polar surface area (TPSA) is 42.4 Å². The molecular weight excluding hydrogens is 264 g/mol. The Morgan fingerprint density at radius 1 is 1.14 bits per heavy atom. The molecule has 4 nitrogen and oxygen atoms in total. The van der Waals surface area contributed by atoms with Crippen molar-refractivity contribution in [3.05, 3.63) is 41.1 Å². The second kappa shape index (κ2) is 5.11. The summed E-state index contributed by atoms with van der Waals surface area (Å²) in [6.07, 6.45) is 3.06. The van der Waals surface area contributed by atoms with Crippen LogP contribution >= 0.6 is 0 Å². The zero-order valence-electron chi connectivity index (χ0n) is 12.0. The fraction of sp³-hybridized carbons (Fsp3) is 0.412. The van der Waals surface area contributed by atoms with E-state index >= 15 is 0 Å². The zero-order valence-corrected chi connectivity index (χ0v) is 12.0. The summed E-state index contributed by atoms with van der Waals surface area (Å²) in [7, 11) is 0. The number of amides is 1. The molecule has 108 valence electrons. The number of hydrogen-bond donors (Lipinski definition) is 0. The molecule has 0 saturated carbocycles. The molecule has 4 rings (SSSR count). The second-order valence-corrected chi connectivity index (χ2v) is 5.69. The van der Waals surface area contributed by atoms with Gasteiger partial charge in [-0.15, -0.1) is 0 Å². The van der Waals surface area contributed by atoms with Gasteiger partial charge in [0.2, 0.25) is 0 Å². The van der Waals surface area contributed by atoms with Crippen LogP contribution in [0.25, 0.3) is 10.9 Å². The van der Waals surface area contributed by atoms with Crippen LogP contribution in [0.1, 0.15) is 28.0 Å². The number of benzene rings is 1. The van der Waals surface area contributed by atoms with Crippen molar-refractivity contribution in [3.8, 4) is 0 Å². The van der Waals surface area contributed by atoms with Gasteiger partial charge in [0.05, 0.1) is 24.3 Å². The molecule has 1 fully saturated rings. The van der Waals surface area contributed by atoms with Crippen LogP contribution in [0.4, 0.5) is 0 Å². The summed E-state index contributed by atoms with van der Waals surface area (Å²) in [6.45, 7) is 2.64. The minimum Gasteiger partial charge on any atom is -0.378 e. The average molecular weight is 282 g/mol. The van der Waals surface area contributed by atoms with E-state index in [-0.39, 0.29) is 5.91 Å². The number of carbonyl (C=O) groups excluding carboxylic acids is 1. The molecule has 2 aliphatic rings. The van der Waals surface area contributed by atoms with E-state index in [1.54, 1.807) is 0 Å². The molecule has 1 aliphatic carbocycles. The molecule has 1 saturated heterocycles. The Morgan fingerprint density at radius 3 is 2.81 bits per heavy atom. The highest BCUT2D eigenvalue weighted by Crippen LogP contribution is 2.30. The van der Waals surface area contributed by atoms with Crippen LogP contribution in [0, 0.1) is 0 Å². The first-order valence-corrected chi connectivity index (χ1v) is 7.62. The van der Waals surface area contributed by atoms with Crippen LogP contribution in [0.15, 0.2) is 24.3 Å². The molecular formula is C17H18N2O2. The van der Waals surface area contributed by atoms with Gasteiger partial charge in [-0.2, -0.15) is 0 Å². The first kappa shape index (κ1) is 12.8. The Bertz CT molecular complexity index is 705. The molecule has 0 N–H and O–H groups in total. The lowest BCUT2D eigenvalue weighted by atomic mass is 10.00. The highest BCUT2D eigenvalue weighted by atomic mass is 16.5. The standard InChI is InChI=1S/C17H18N2O2/c20-17(19-8-10-21-11-9-19)16-12-4-1-2-6-14(12)18-15-7-3-5-13(15)16/h1-2,4,6H,3,5,7-11H2. The minimum atomic E-state index is 0.148. The van der Waals surface area contributed by atoms with E-state index in [9.17, 15) is 4.79 Å². The summed E-state index contributed by atoms with van der Waals surface area (Å²) >= 11 is 0. The summed E-state index contributed by atoms with van der Waals surface area (Å²) in [6, 6.07) is 8.00. The largest absolute Gasteiger partial charge is 0.378 e. The number of aryl methyl sites for hydroxylation is 1. The maximum absolute atomic E-state index is 13.0. The van der Waals surface area contributed by atoms with Gasteiger partial charge in [-0.1, -0.05) is 18.2 Å². The Labute approximate surface area is 123 Å². The molecule has 2 heterocycles. The van der Waals surface area contributed by atoms with Gasteiger partial charge < -0.3 is 9.64 Å². The zero-order chi connectivity index (χ0) is 14.2. The van der Waals surface area contributed by atoms with Crippen molar-refractivity contribution in [2.45, 2.75) is 19.3 Å². The first-order valence-electron chi connectivity index (χ1n) is 7.62. The Morgan fingerprint density at radius 2 is 1.95 bits per heavy atom. The van der Waals surface area contributed by atoms with E-state index in [2.05, 4.69) is 0 Å². The lowest BCUT2D eigenvalue weighted by Crippen LogP contribution is -2.41. The van der Waals surface area contributed by atoms with Crippen LogP contribution in [-0.4, -0.2) is 42.1 Å². The molecule has 0 atom stereocenters. The summed E-state index contributed by atoms with van der Waals surface area (Å²) < 4.78 is 5.36. The third kappa shape index (κ3) is 2.10. The fourth-order valence-electron chi connectivity index (χ4n) is 3.38. The van der Waals surface area contributed by atoms with Gasteiger partial charge >= 0.3 is 0 Å². The Kier molecular flexibility index (Phi) is 3.11. The number of hydrogen-bond acceptors (Lipinski definition) is 3. The molecule has 4 heteroatoms. The van der Waals surface area contributed by atoms with Crippen molar-refractivity contribution < 1.29 is 9.53 Å². The van der Waals surface area contributed by atoms with Crippen molar-refractivity contribution in [1.29, 1.82) is 0 Å². The fourth-order valence-corrected chi connectivity index (χ4v) is 3.38. The summed E-state index contributed by atoms with van der Waals surface area (Å²) in [4.78, 5) is 19.7. The minimum absolute atomic E-state index is 0.148. The maximum atomic E-state index is 13.0. The van der Waals surface area contributed by atoms with E-state index < -0.39 is 0 Å². The Balaban J connectivity index is 1.88. The smallest absolute Gasteiger partial charge is 0.255 e. The van der Waals surface area contributed by atoms with Gasteiger partial charge in [-0.25, -0.2) is 0 Å². The van der Waals surface area contributed by atoms with Gasteiger partial charge in [-0.05, 0) is 30.9 Å². The molecule has 0 spiro atoms. The van der Waals surface area contributed by atoms with Crippen molar-refractivity contribution in [3.63, 3.8) is 0 Å². The monoisotopic (exact) mass is 282 g/mol. The van der Waals surface area contributed by atoms with Crippen LogP contribution in [0.3, 0.4) is 0 Å². The normalized spacial score (nSPS) is 18.0. The van der Waals surface area contributed by atoms with E-state index in [0.717, 1.165) is 41.4 Å². The number of fused-ring (bicyclic) bond motifs is 2. The van der Waals surface area contributed by atoms with E-state index in [0.29, 0.717) is 26.3 Å². The van der Waals surface area contributed by atoms with Gasteiger partial charge in [0.1, 0.15) is 0 Å². The molecule has 2 aromatic rings. The molecule has 0 unspecified atom stereocenters. The summed E-state index contributed by atoms with van der Waals surface area (Å²) in [5.74, 6) is 0.148. The molecule has 1 aromatic heterocycles. The summed E-state index contributed by atoms with van der Waals surface area (Å²) in [5, 5.41) is 0.995. The molecule has 0 bridgehead atoms. The van der Waals surface area contributed by atoms with E-state index in [4.69, 9.17) is 9.72 Å². The molecule has 1 aromatic carbocycles. The maximum Gasteiger partial charge on any atom is 0.255 e. The number of para-hydroxylation sites is 1. The van der Waals surface area contributed by atoms with Crippen molar-refractivity contribution in [1.82, 2.24) is 9.88 Å². The highest BCUT2D eigenvalue weighted by molar-refractivity contribution is 6.07. The molecule has 1 aliphatic heterocycles. The van der Waals surface area contributed by atoms with Crippen LogP contribution < -0.4 is 0 Å². The van der Waals surface area contributed by atoms with Crippen molar-refractivity contribution in [2.75, 3.05) is 26.3 Å². The number of nitrogens with zero attached hydrogens (tertiary/aromatic N) is 2.